The third kappa shape index (κ3) is 2.65. The largest absolute Gasteiger partial charge is 0.298 e. The van der Waals surface area contributed by atoms with Gasteiger partial charge in [0.05, 0.1) is 4.88 Å². The molecule has 0 bridgehead atoms. The van der Waals surface area contributed by atoms with Gasteiger partial charge in [-0.1, -0.05) is 42.5 Å². The van der Waals surface area contributed by atoms with E-state index in [1.54, 1.807) is 11.3 Å². The number of hydrogen-bond donors (Lipinski definition) is 0. The van der Waals surface area contributed by atoms with Gasteiger partial charge in [0.2, 0.25) is 0 Å². The van der Waals surface area contributed by atoms with Gasteiger partial charge in [-0.3, -0.25) is 4.79 Å². The molecule has 2 aromatic carbocycles. The molecule has 0 aliphatic heterocycles. The third-order valence-electron chi connectivity index (χ3n) is 4.03. The normalized spacial score (nSPS) is 11.1. The van der Waals surface area contributed by atoms with Gasteiger partial charge < -0.3 is 0 Å². The molecule has 0 atom stereocenters. The van der Waals surface area contributed by atoms with Gasteiger partial charge in [0.15, 0.2) is 0 Å². The molecule has 4 heteroatoms. The number of aryl methyl sites for hydroxylation is 1. The average Bonchev–Trinajstić information content (AvgIpc) is 3.16. The average molecular weight is 413 g/mol. The van der Waals surface area contributed by atoms with Crippen molar-refractivity contribution in [3.63, 3.8) is 0 Å². The van der Waals surface area contributed by atoms with Gasteiger partial charge >= 0.3 is 0 Å². The molecule has 0 aliphatic rings. The number of benzene rings is 2. The fraction of sp³-hybridized carbons (Fsp3) is 0.0500. The summed E-state index contributed by atoms with van der Waals surface area (Å²) in [4.78, 5) is 14.6. The number of halogens is 1. The monoisotopic (exact) mass is 412 g/mol. The van der Waals surface area contributed by atoms with Crippen LogP contribution in [0.3, 0.4) is 0 Å². The maximum Gasteiger partial charge on any atom is 0.150 e. The second-order valence-corrected chi connectivity index (χ2v) is 8.66. The van der Waals surface area contributed by atoms with Gasteiger partial charge in [0, 0.05) is 35.4 Å². The SMILES string of the molecule is Cc1sc(-c2ccc(C=O)cc2)cc1-c1sc2ccccc2c1Br. The first-order chi connectivity index (χ1) is 11.7. The van der Waals surface area contributed by atoms with E-state index < -0.39 is 0 Å². The fourth-order valence-corrected chi connectivity index (χ4v) is 5.96. The van der Waals surface area contributed by atoms with E-state index in [0.717, 1.165) is 11.8 Å². The molecule has 1 nitrogen and oxygen atoms in total. The van der Waals surface area contributed by atoms with Crippen molar-refractivity contribution in [1.29, 1.82) is 0 Å². The summed E-state index contributed by atoms with van der Waals surface area (Å²) in [5.74, 6) is 0. The smallest absolute Gasteiger partial charge is 0.150 e. The highest BCUT2D eigenvalue weighted by Crippen LogP contribution is 2.46. The molecule has 4 aromatic rings. The zero-order chi connectivity index (χ0) is 16.7. The van der Waals surface area contributed by atoms with Crippen LogP contribution in [0.25, 0.3) is 31.0 Å². The van der Waals surface area contributed by atoms with Crippen LogP contribution in [0, 0.1) is 6.92 Å². The highest BCUT2D eigenvalue weighted by atomic mass is 79.9. The van der Waals surface area contributed by atoms with Gasteiger partial charge in [-0.2, -0.15) is 0 Å². The predicted octanol–water partition coefficient (Wildman–Crippen LogP) is 7.18. The predicted molar refractivity (Wildman–Crippen MR) is 108 cm³/mol. The van der Waals surface area contributed by atoms with Crippen LogP contribution in [-0.4, -0.2) is 6.29 Å². The van der Waals surface area contributed by atoms with Gasteiger partial charge in [-0.25, -0.2) is 0 Å². The summed E-state index contributed by atoms with van der Waals surface area (Å²) >= 11 is 7.39. The quantitative estimate of drug-likeness (QED) is 0.325. The van der Waals surface area contributed by atoms with E-state index in [2.05, 4.69) is 53.2 Å². The molecule has 24 heavy (non-hydrogen) atoms. The summed E-state index contributed by atoms with van der Waals surface area (Å²) < 4.78 is 2.47. The molecular weight excluding hydrogens is 400 g/mol. The topological polar surface area (TPSA) is 17.1 Å². The van der Waals surface area contributed by atoms with E-state index in [9.17, 15) is 4.79 Å². The lowest BCUT2D eigenvalue weighted by Crippen LogP contribution is -1.78. The van der Waals surface area contributed by atoms with E-state index in [1.807, 2.05) is 35.6 Å². The van der Waals surface area contributed by atoms with Crippen molar-refractivity contribution in [1.82, 2.24) is 0 Å². The first-order valence-electron chi connectivity index (χ1n) is 7.51. The Morgan fingerprint density at radius 3 is 2.46 bits per heavy atom. The number of carbonyl (C=O) groups excluding carboxylic acids is 1. The number of aldehydes is 1. The Morgan fingerprint density at radius 1 is 1.00 bits per heavy atom. The van der Waals surface area contributed by atoms with Crippen molar-refractivity contribution in [2.24, 2.45) is 0 Å². The highest BCUT2D eigenvalue weighted by molar-refractivity contribution is 9.10. The molecule has 4 rings (SSSR count). The maximum absolute atomic E-state index is 10.8. The van der Waals surface area contributed by atoms with Gasteiger partial charge in [-0.05, 0) is 40.5 Å². The maximum atomic E-state index is 10.8. The Balaban J connectivity index is 1.82. The molecule has 2 heterocycles. The minimum Gasteiger partial charge on any atom is -0.298 e. The summed E-state index contributed by atoms with van der Waals surface area (Å²) in [6.07, 6.45) is 0.878. The van der Waals surface area contributed by atoms with Gasteiger partial charge in [0.25, 0.3) is 0 Å². The van der Waals surface area contributed by atoms with Crippen LogP contribution in [0.15, 0.2) is 59.1 Å². The Labute approximate surface area is 156 Å². The zero-order valence-corrected chi connectivity index (χ0v) is 16.1. The molecule has 0 saturated heterocycles. The van der Waals surface area contributed by atoms with E-state index in [0.29, 0.717) is 5.56 Å². The van der Waals surface area contributed by atoms with Crippen molar-refractivity contribution in [3.8, 4) is 20.9 Å². The van der Waals surface area contributed by atoms with Crippen LogP contribution in [0.1, 0.15) is 15.2 Å². The zero-order valence-electron chi connectivity index (χ0n) is 12.9. The van der Waals surface area contributed by atoms with E-state index in [-0.39, 0.29) is 0 Å². The van der Waals surface area contributed by atoms with Gasteiger partial charge in [-0.15, -0.1) is 22.7 Å². The van der Waals surface area contributed by atoms with E-state index in [1.165, 1.54) is 34.8 Å². The first kappa shape index (κ1) is 15.8. The number of rotatable bonds is 3. The van der Waals surface area contributed by atoms with Gasteiger partial charge in [0.1, 0.15) is 6.29 Å². The molecule has 0 radical (unpaired) electrons. The molecule has 0 N–H and O–H groups in total. The molecular formula is C20H13BrOS2. The number of fused-ring (bicyclic) bond motifs is 1. The van der Waals surface area contributed by atoms with Crippen LogP contribution < -0.4 is 0 Å². The molecule has 2 aromatic heterocycles. The van der Waals surface area contributed by atoms with Crippen LogP contribution in [0.5, 0.6) is 0 Å². The third-order valence-corrected chi connectivity index (χ3v) is 7.42. The summed E-state index contributed by atoms with van der Waals surface area (Å²) in [6, 6.07) is 18.5. The van der Waals surface area contributed by atoms with Crippen LogP contribution >= 0.6 is 38.6 Å². The summed E-state index contributed by atoms with van der Waals surface area (Å²) in [6.45, 7) is 2.17. The fourth-order valence-electron chi connectivity index (χ4n) is 2.76. The van der Waals surface area contributed by atoms with Crippen LogP contribution in [0.2, 0.25) is 0 Å². The Kier molecular flexibility index (Phi) is 4.12. The lowest BCUT2D eigenvalue weighted by Gasteiger charge is -1.97. The molecule has 0 fully saturated rings. The summed E-state index contributed by atoms with van der Waals surface area (Å²) in [7, 11) is 0. The Hall–Kier alpha value is -1.75. The second-order valence-electron chi connectivity index (χ2n) is 5.56. The number of thiophene rings is 2. The summed E-state index contributed by atoms with van der Waals surface area (Å²) in [5, 5.41) is 1.26. The Morgan fingerprint density at radius 2 is 1.75 bits per heavy atom. The van der Waals surface area contributed by atoms with Crippen molar-refractivity contribution in [2.45, 2.75) is 6.92 Å². The molecule has 0 amide bonds. The number of hydrogen-bond acceptors (Lipinski definition) is 3. The van der Waals surface area contributed by atoms with E-state index >= 15 is 0 Å². The standard InChI is InChI=1S/C20H13BrOS2/c1-12-16(20-19(21)15-4-2-3-5-17(15)24-20)10-18(23-12)14-8-6-13(11-22)7-9-14/h2-11H,1H3. The van der Waals surface area contributed by atoms with Crippen LogP contribution in [-0.2, 0) is 0 Å². The molecule has 118 valence electrons. The molecule has 0 aliphatic carbocycles. The first-order valence-corrected chi connectivity index (χ1v) is 9.93. The van der Waals surface area contributed by atoms with Crippen LogP contribution in [0.4, 0.5) is 0 Å². The number of carbonyl (C=O) groups is 1. The molecule has 0 spiro atoms. The van der Waals surface area contributed by atoms with E-state index in [4.69, 9.17) is 0 Å². The lowest BCUT2D eigenvalue weighted by molar-refractivity contribution is 0.112. The van der Waals surface area contributed by atoms with Crippen molar-refractivity contribution >= 4 is 55.0 Å². The second kappa shape index (κ2) is 6.28. The highest BCUT2D eigenvalue weighted by Gasteiger charge is 2.16. The molecule has 0 unspecified atom stereocenters. The lowest BCUT2D eigenvalue weighted by atomic mass is 10.1. The summed E-state index contributed by atoms with van der Waals surface area (Å²) in [5.41, 5.74) is 3.14. The minimum atomic E-state index is 0.708. The van der Waals surface area contributed by atoms with Crippen molar-refractivity contribution in [2.75, 3.05) is 0 Å². The van der Waals surface area contributed by atoms with Crippen molar-refractivity contribution < 1.29 is 4.79 Å². The minimum absolute atomic E-state index is 0.708. The van der Waals surface area contributed by atoms with Crippen molar-refractivity contribution in [3.05, 3.63) is 69.5 Å². The Bertz CT molecular complexity index is 1040. The molecule has 0 saturated carbocycles.